The molecular weight excluding hydrogens is 312 g/mol. The number of fused-ring (bicyclic) bond motifs is 3. The van der Waals surface area contributed by atoms with Crippen molar-refractivity contribution in [2.24, 2.45) is 22.7 Å². The van der Waals surface area contributed by atoms with E-state index in [2.05, 4.69) is 27.7 Å². The van der Waals surface area contributed by atoms with Crippen molar-refractivity contribution in [2.45, 2.75) is 91.3 Å². The molecule has 3 heteroatoms. The first kappa shape index (κ1) is 16.4. The van der Waals surface area contributed by atoms with Gasteiger partial charge in [-0.15, -0.1) is 0 Å². The molecule has 0 aromatic heterocycles. The van der Waals surface area contributed by atoms with Crippen LogP contribution in [0.25, 0.3) is 0 Å². The van der Waals surface area contributed by atoms with E-state index in [-0.39, 0.29) is 29.3 Å². The van der Waals surface area contributed by atoms with Crippen LogP contribution in [0.15, 0.2) is 12.1 Å². The van der Waals surface area contributed by atoms with Gasteiger partial charge < -0.3 is 9.47 Å². The molecule has 3 nitrogen and oxygen atoms in total. The van der Waals surface area contributed by atoms with Gasteiger partial charge in [-0.05, 0) is 68.6 Å². The molecule has 0 bridgehead atoms. The third-order valence-electron chi connectivity index (χ3n) is 7.63. The van der Waals surface area contributed by atoms with Gasteiger partial charge >= 0.3 is 5.97 Å². The summed E-state index contributed by atoms with van der Waals surface area (Å²) in [5, 5.41) is 0. The topological polar surface area (TPSA) is 35.5 Å². The molecule has 2 saturated carbocycles. The summed E-state index contributed by atoms with van der Waals surface area (Å²) >= 11 is 0. The number of esters is 1. The molecule has 5 atom stereocenters. The van der Waals surface area contributed by atoms with E-state index in [1.54, 1.807) is 6.92 Å². The van der Waals surface area contributed by atoms with Crippen molar-refractivity contribution >= 4 is 5.97 Å². The van der Waals surface area contributed by atoms with Gasteiger partial charge in [0.2, 0.25) is 0 Å². The van der Waals surface area contributed by atoms with Crippen LogP contribution in [0.5, 0.6) is 0 Å². The van der Waals surface area contributed by atoms with Crippen LogP contribution in [0.3, 0.4) is 0 Å². The quantitative estimate of drug-likeness (QED) is 0.511. The Bertz CT molecular complexity index is 625. The number of hydrogen-bond acceptors (Lipinski definition) is 3. The van der Waals surface area contributed by atoms with Crippen molar-refractivity contribution in [3.8, 4) is 0 Å². The third kappa shape index (κ3) is 3.18. The smallest absolute Gasteiger partial charge is 0.333 e. The van der Waals surface area contributed by atoms with Crippen molar-refractivity contribution in [3.05, 3.63) is 12.1 Å². The number of carbonyl (C=O) groups is 1. The van der Waals surface area contributed by atoms with E-state index in [1.165, 1.54) is 25.7 Å². The average Bonchev–Trinajstić information content (AvgIpc) is 2.89. The van der Waals surface area contributed by atoms with Crippen LogP contribution in [-0.4, -0.2) is 24.3 Å². The van der Waals surface area contributed by atoms with E-state index >= 15 is 0 Å². The molecule has 0 radical (unpaired) electrons. The highest BCUT2D eigenvalue weighted by Crippen LogP contribution is 2.65. The summed E-state index contributed by atoms with van der Waals surface area (Å²) in [4.78, 5) is 12.2. The van der Waals surface area contributed by atoms with E-state index < -0.39 is 12.5 Å². The van der Waals surface area contributed by atoms with Gasteiger partial charge in [0.15, 0.2) is 0 Å². The molecule has 3 rings (SSSR count). The Hall–Kier alpha value is -0.830. The first-order chi connectivity index (χ1) is 12.5. The van der Waals surface area contributed by atoms with E-state index in [0.29, 0.717) is 23.7 Å². The van der Waals surface area contributed by atoms with Gasteiger partial charge in [-0.25, -0.2) is 4.79 Å². The molecule has 3 fully saturated rings. The molecule has 0 aromatic rings. The molecule has 2 aliphatic carbocycles. The zero-order valence-electron chi connectivity index (χ0n) is 18.6. The monoisotopic (exact) mass is 350 g/mol. The van der Waals surface area contributed by atoms with Crippen LogP contribution in [-0.2, 0) is 14.3 Å². The number of ether oxygens (including phenoxy) is 2. The Labute approximate surface area is 156 Å². The largest absolute Gasteiger partial charge is 0.463 e. The lowest BCUT2D eigenvalue weighted by molar-refractivity contribution is -0.155. The molecule has 0 aromatic carbocycles. The average molecular weight is 351 g/mol. The van der Waals surface area contributed by atoms with Gasteiger partial charge in [0.1, 0.15) is 0 Å². The number of rotatable bonds is 4. The minimum atomic E-state index is -0.538. The minimum Gasteiger partial charge on any atom is -0.463 e. The summed E-state index contributed by atoms with van der Waals surface area (Å²) in [7, 11) is 0. The molecular formula is C22H36O3. The highest BCUT2D eigenvalue weighted by molar-refractivity contribution is 5.87. The van der Waals surface area contributed by atoms with E-state index in [9.17, 15) is 4.79 Å². The molecule has 3 aliphatic rings. The van der Waals surface area contributed by atoms with Crippen molar-refractivity contribution in [3.63, 3.8) is 0 Å². The van der Waals surface area contributed by atoms with Crippen molar-refractivity contribution in [1.29, 1.82) is 0 Å². The Morgan fingerprint density at radius 2 is 2.00 bits per heavy atom. The first-order valence-electron chi connectivity index (χ1n) is 11.0. The SMILES string of the molecule is [2H]C([2H])=C(CC1C[C@@H]2[C@@]3(C)CCCC(C)(C)[C@@H]3CC[C@@]2(C)O1)C(=O)OCC. The Morgan fingerprint density at radius 3 is 2.68 bits per heavy atom. The fraction of sp³-hybridized carbons (Fsp3) is 0.864. The second-order valence-electron chi connectivity index (χ2n) is 9.68. The van der Waals surface area contributed by atoms with Gasteiger partial charge in [0.05, 0.1) is 21.1 Å². The Morgan fingerprint density at radius 1 is 1.24 bits per heavy atom. The summed E-state index contributed by atoms with van der Waals surface area (Å²) in [6.07, 6.45) is 7.21. The van der Waals surface area contributed by atoms with Crippen LogP contribution in [0.1, 0.15) is 82.3 Å². The summed E-state index contributed by atoms with van der Waals surface area (Å²) in [6, 6.07) is 0. The molecule has 1 saturated heterocycles. The lowest BCUT2D eigenvalue weighted by Crippen LogP contribution is -2.55. The summed E-state index contributed by atoms with van der Waals surface area (Å²) in [6.45, 7) is 11.1. The highest BCUT2D eigenvalue weighted by atomic mass is 16.5. The Balaban J connectivity index is 1.82. The van der Waals surface area contributed by atoms with E-state index in [0.717, 1.165) is 12.8 Å². The zero-order chi connectivity index (χ0) is 20.0. The fourth-order valence-electron chi connectivity index (χ4n) is 6.61. The van der Waals surface area contributed by atoms with Crippen LogP contribution >= 0.6 is 0 Å². The molecule has 1 aliphatic heterocycles. The fourth-order valence-corrected chi connectivity index (χ4v) is 6.61. The maximum absolute atomic E-state index is 12.2. The summed E-state index contributed by atoms with van der Waals surface area (Å²) in [5.41, 5.74) is 0.627. The standard InChI is InChI=1S/C22H36O3/c1-7-24-19(23)15(2)13-16-14-18-21(5)11-8-10-20(3,4)17(21)9-12-22(18,6)25-16/h16-18H,2,7-14H2,1,3-6H3/t16?,17-,18+,21-,22+/m0/s1/i2D2. The van der Waals surface area contributed by atoms with Crippen LogP contribution in [0.4, 0.5) is 0 Å². The normalized spacial score (nSPS) is 43.3. The van der Waals surface area contributed by atoms with Crippen LogP contribution in [0, 0.1) is 22.7 Å². The van der Waals surface area contributed by atoms with Crippen LogP contribution in [0.2, 0.25) is 0 Å². The van der Waals surface area contributed by atoms with Gasteiger partial charge in [-0.3, -0.25) is 0 Å². The maximum atomic E-state index is 12.2. The molecule has 0 amide bonds. The maximum Gasteiger partial charge on any atom is 0.333 e. The van der Waals surface area contributed by atoms with E-state index in [4.69, 9.17) is 12.2 Å². The second kappa shape index (κ2) is 6.40. The molecule has 1 unspecified atom stereocenters. The molecule has 1 heterocycles. The van der Waals surface area contributed by atoms with Gasteiger partial charge in [0.25, 0.3) is 0 Å². The van der Waals surface area contributed by atoms with Crippen LogP contribution < -0.4 is 0 Å². The Kier molecular flexibility index (Phi) is 4.19. The highest BCUT2D eigenvalue weighted by Gasteiger charge is 2.61. The predicted octanol–water partition coefficient (Wildman–Crippen LogP) is 5.29. The molecule has 0 N–H and O–H groups in total. The van der Waals surface area contributed by atoms with Crippen molar-refractivity contribution < 1.29 is 17.0 Å². The lowest BCUT2D eigenvalue weighted by Gasteiger charge is -2.60. The third-order valence-corrected chi connectivity index (χ3v) is 7.63. The van der Waals surface area contributed by atoms with Gasteiger partial charge in [-0.2, -0.15) is 0 Å². The molecule has 25 heavy (non-hydrogen) atoms. The van der Waals surface area contributed by atoms with Crippen molar-refractivity contribution in [1.82, 2.24) is 0 Å². The second-order valence-corrected chi connectivity index (χ2v) is 9.68. The molecule has 142 valence electrons. The number of carbonyl (C=O) groups excluding carboxylic acids is 1. The van der Waals surface area contributed by atoms with E-state index in [1.807, 2.05) is 0 Å². The number of hydrogen-bond donors (Lipinski definition) is 0. The summed E-state index contributed by atoms with van der Waals surface area (Å²) < 4.78 is 27.0. The molecule has 0 spiro atoms. The van der Waals surface area contributed by atoms with Gasteiger partial charge in [-0.1, -0.05) is 33.7 Å². The van der Waals surface area contributed by atoms with Gasteiger partial charge in [0, 0.05) is 12.0 Å². The van der Waals surface area contributed by atoms with Crippen molar-refractivity contribution in [2.75, 3.05) is 6.61 Å². The first-order valence-corrected chi connectivity index (χ1v) is 10.0. The minimum absolute atomic E-state index is 0.106. The zero-order valence-corrected chi connectivity index (χ0v) is 16.6. The lowest BCUT2D eigenvalue weighted by atomic mass is 9.45. The predicted molar refractivity (Wildman–Crippen MR) is 100 cm³/mol. The summed E-state index contributed by atoms with van der Waals surface area (Å²) in [5.74, 6) is 0.642.